The van der Waals surface area contributed by atoms with Crippen LogP contribution in [0.5, 0.6) is 0 Å². The number of hydrogen-bond acceptors (Lipinski definition) is 5. The quantitative estimate of drug-likeness (QED) is 0.711. The van der Waals surface area contributed by atoms with E-state index in [1.165, 1.54) is 29.0 Å². The van der Waals surface area contributed by atoms with Crippen LogP contribution in [0, 0.1) is 5.82 Å². The Labute approximate surface area is 118 Å². The highest BCUT2D eigenvalue weighted by atomic mass is 19.1. The van der Waals surface area contributed by atoms with Crippen LogP contribution in [0.2, 0.25) is 0 Å². The first-order valence-corrected chi connectivity index (χ1v) is 6.46. The summed E-state index contributed by atoms with van der Waals surface area (Å²) in [5.74, 6) is -0.543. The molecule has 1 aliphatic heterocycles. The van der Waals surface area contributed by atoms with Crippen molar-refractivity contribution >= 4 is 10.9 Å². The topological polar surface area (TPSA) is 91.9 Å². The summed E-state index contributed by atoms with van der Waals surface area (Å²) in [6.45, 7) is -0.443. The van der Waals surface area contributed by atoms with E-state index < -0.39 is 37.0 Å². The van der Waals surface area contributed by atoms with Crippen LogP contribution in [0.3, 0.4) is 0 Å². The van der Waals surface area contributed by atoms with E-state index in [4.69, 9.17) is 9.84 Å². The van der Waals surface area contributed by atoms with Crippen molar-refractivity contribution in [1.29, 1.82) is 0 Å². The number of halogens is 1. The largest absolute Gasteiger partial charge is 0.394 e. The monoisotopic (exact) mass is 295 g/mol. The molecule has 1 aliphatic rings. The normalized spacial score (nSPS) is 29.1. The highest BCUT2D eigenvalue weighted by molar-refractivity contribution is 5.78. The Morgan fingerprint density at radius 2 is 2.00 bits per heavy atom. The summed E-state index contributed by atoms with van der Waals surface area (Å²) in [6, 6.07) is 4.94. The van der Waals surface area contributed by atoms with E-state index >= 15 is 0 Å². The number of benzene rings is 1. The van der Waals surface area contributed by atoms with Gasteiger partial charge in [0.1, 0.15) is 24.1 Å². The van der Waals surface area contributed by atoms with Crippen molar-refractivity contribution in [3.63, 3.8) is 0 Å². The summed E-state index contributed by atoms with van der Waals surface area (Å²) in [7, 11) is 0. The average molecular weight is 295 g/mol. The molecule has 1 aromatic heterocycles. The van der Waals surface area contributed by atoms with Crippen molar-refractivity contribution in [3.05, 3.63) is 46.5 Å². The number of aromatic nitrogens is 1. The highest BCUT2D eigenvalue weighted by Gasteiger charge is 2.43. The first-order chi connectivity index (χ1) is 10.0. The zero-order valence-corrected chi connectivity index (χ0v) is 10.9. The summed E-state index contributed by atoms with van der Waals surface area (Å²) >= 11 is 0. The third-order valence-electron chi connectivity index (χ3n) is 3.68. The molecule has 0 aliphatic carbocycles. The molecule has 7 heteroatoms. The second kappa shape index (κ2) is 5.19. The molecule has 3 N–H and O–H groups in total. The third-order valence-corrected chi connectivity index (χ3v) is 3.68. The lowest BCUT2D eigenvalue weighted by Gasteiger charge is -2.20. The lowest BCUT2D eigenvalue weighted by Crippen LogP contribution is -2.33. The summed E-state index contributed by atoms with van der Waals surface area (Å²) in [5.41, 5.74) is 0.0197. The van der Waals surface area contributed by atoms with Crippen molar-refractivity contribution in [2.75, 3.05) is 6.61 Å². The standard InChI is InChI=1S/C14H14FNO5/c15-7-1-2-9-8(5-7)10(18)3-4-16(9)14-13(20)12(19)11(6-17)21-14/h1-5,11-14,17,19-20H,6H2/t11-,12-,13-,14-/m1/s1. The van der Waals surface area contributed by atoms with E-state index in [-0.39, 0.29) is 10.8 Å². The van der Waals surface area contributed by atoms with E-state index in [2.05, 4.69) is 0 Å². The number of fused-ring (bicyclic) bond motifs is 1. The Hall–Kier alpha value is -1.80. The van der Waals surface area contributed by atoms with Crippen LogP contribution < -0.4 is 5.43 Å². The molecule has 112 valence electrons. The molecule has 1 aromatic carbocycles. The van der Waals surface area contributed by atoms with Crippen LogP contribution >= 0.6 is 0 Å². The van der Waals surface area contributed by atoms with E-state index in [1.807, 2.05) is 0 Å². The number of aliphatic hydroxyl groups is 3. The zero-order valence-electron chi connectivity index (χ0n) is 10.9. The van der Waals surface area contributed by atoms with Gasteiger partial charge in [-0.1, -0.05) is 0 Å². The van der Waals surface area contributed by atoms with E-state index in [1.54, 1.807) is 0 Å². The van der Waals surface area contributed by atoms with Crippen LogP contribution in [-0.2, 0) is 4.74 Å². The summed E-state index contributed by atoms with van der Waals surface area (Å²) in [6.07, 6.45) is -2.98. The Morgan fingerprint density at radius 3 is 2.67 bits per heavy atom. The fourth-order valence-corrected chi connectivity index (χ4v) is 2.58. The van der Waals surface area contributed by atoms with Gasteiger partial charge in [0.15, 0.2) is 11.7 Å². The average Bonchev–Trinajstić information content (AvgIpc) is 2.76. The van der Waals surface area contributed by atoms with Crippen molar-refractivity contribution in [1.82, 2.24) is 4.57 Å². The van der Waals surface area contributed by atoms with Crippen molar-refractivity contribution in [3.8, 4) is 0 Å². The van der Waals surface area contributed by atoms with Crippen LogP contribution in [0.4, 0.5) is 4.39 Å². The summed E-state index contributed by atoms with van der Waals surface area (Å²) < 4.78 is 20.1. The second-order valence-corrected chi connectivity index (χ2v) is 4.98. The number of ether oxygens (including phenoxy) is 1. The Morgan fingerprint density at radius 1 is 1.24 bits per heavy atom. The van der Waals surface area contributed by atoms with Gasteiger partial charge in [-0.25, -0.2) is 4.39 Å². The number of aliphatic hydroxyl groups excluding tert-OH is 3. The molecule has 6 nitrogen and oxygen atoms in total. The second-order valence-electron chi connectivity index (χ2n) is 4.98. The Kier molecular flexibility index (Phi) is 3.50. The highest BCUT2D eigenvalue weighted by Crippen LogP contribution is 2.31. The van der Waals surface area contributed by atoms with Crippen LogP contribution in [0.25, 0.3) is 10.9 Å². The molecule has 0 spiro atoms. The molecule has 4 atom stereocenters. The van der Waals surface area contributed by atoms with Gasteiger partial charge in [-0.15, -0.1) is 0 Å². The van der Waals surface area contributed by atoms with Crippen molar-refractivity contribution in [2.45, 2.75) is 24.5 Å². The van der Waals surface area contributed by atoms with Gasteiger partial charge < -0.3 is 24.6 Å². The van der Waals surface area contributed by atoms with Gasteiger partial charge in [0, 0.05) is 17.6 Å². The maximum Gasteiger partial charge on any atom is 0.189 e. The molecular formula is C14H14FNO5. The predicted molar refractivity (Wildman–Crippen MR) is 71.2 cm³/mol. The number of hydrogen-bond donors (Lipinski definition) is 3. The zero-order chi connectivity index (χ0) is 15.1. The molecule has 1 saturated heterocycles. The molecule has 0 amide bonds. The minimum atomic E-state index is -1.27. The molecule has 21 heavy (non-hydrogen) atoms. The molecule has 1 fully saturated rings. The predicted octanol–water partition coefficient (Wildman–Crippen LogP) is -0.248. The van der Waals surface area contributed by atoms with Gasteiger partial charge in [0.05, 0.1) is 12.1 Å². The number of nitrogens with zero attached hydrogens (tertiary/aromatic N) is 1. The minimum absolute atomic E-state index is 0.148. The first-order valence-electron chi connectivity index (χ1n) is 6.46. The van der Waals surface area contributed by atoms with Gasteiger partial charge in [0.25, 0.3) is 0 Å². The molecule has 0 radical (unpaired) electrons. The fraction of sp³-hybridized carbons (Fsp3) is 0.357. The summed E-state index contributed by atoms with van der Waals surface area (Å²) in [4.78, 5) is 11.8. The minimum Gasteiger partial charge on any atom is -0.394 e. The van der Waals surface area contributed by atoms with Crippen LogP contribution in [-0.4, -0.2) is 44.8 Å². The van der Waals surface area contributed by atoms with Crippen molar-refractivity contribution < 1.29 is 24.4 Å². The molecule has 0 saturated carbocycles. The molecule has 2 heterocycles. The molecule has 2 aromatic rings. The SMILES string of the molecule is O=c1ccn([C@@H]2O[C@H](CO)[C@@H](O)[C@H]2O)c2ccc(F)cc12. The van der Waals surface area contributed by atoms with E-state index in [0.29, 0.717) is 5.52 Å². The number of pyridine rings is 1. The number of rotatable bonds is 2. The Bertz CT molecular complexity index is 731. The molecular weight excluding hydrogens is 281 g/mol. The maximum absolute atomic E-state index is 13.3. The molecule has 0 unspecified atom stereocenters. The lowest BCUT2D eigenvalue weighted by molar-refractivity contribution is -0.0509. The van der Waals surface area contributed by atoms with Crippen LogP contribution in [0.1, 0.15) is 6.23 Å². The third kappa shape index (κ3) is 2.24. The lowest BCUT2D eigenvalue weighted by atomic mass is 10.1. The van der Waals surface area contributed by atoms with Gasteiger partial charge >= 0.3 is 0 Å². The van der Waals surface area contributed by atoms with E-state index in [9.17, 15) is 19.4 Å². The maximum atomic E-state index is 13.3. The van der Waals surface area contributed by atoms with Gasteiger partial charge in [-0.05, 0) is 18.2 Å². The van der Waals surface area contributed by atoms with Crippen molar-refractivity contribution in [2.24, 2.45) is 0 Å². The fourth-order valence-electron chi connectivity index (χ4n) is 2.58. The van der Waals surface area contributed by atoms with Gasteiger partial charge in [0.2, 0.25) is 0 Å². The van der Waals surface area contributed by atoms with E-state index in [0.717, 1.165) is 6.07 Å². The molecule has 0 bridgehead atoms. The van der Waals surface area contributed by atoms with Crippen LogP contribution in [0.15, 0.2) is 35.3 Å². The smallest absolute Gasteiger partial charge is 0.189 e. The summed E-state index contributed by atoms with van der Waals surface area (Å²) in [5, 5.41) is 29.1. The van der Waals surface area contributed by atoms with Gasteiger partial charge in [-0.3, -0.25) is 4.79 Å². The first kappa shape index (κ1) is 14.2. The Balaban J connectivity index is 2.14. The van der Waals surface area contributed by atoms with Gasteiger partial charge in [-0.2, -0.15) is 0 Å². The molecule has 3 rings (SSSR count).